The molecule has 1 aromatic carbocycles. The zero-order valence-electron chi connectivity index (χ0n) is 10.1. The van der Waals surface area contributed by atoms with Gasteiger partial charge in [0.15, 0.2) is 5.79 Å². The normalized spacial score (nSPS) is 28.2. The second-order valence-electron chi connectivity index (χ2n) is 4.63. The van der Waals surface area contributed by atoms with E-state index in [0.717, 1.165) is 17.7 Å². The number of anilines is 1. The van der Waals surface area contributed by atoms with Gasteiger partial charge in [-0.15, -0.1) is 0 Å². The fourth-order valence-electron chi connectivity index (χ4n) is 2.17. The van der Waals surface area contributed by atoms with Crippen LogP contribution in [-0.4, -0.2) is 11.9 Å². The molecule has 3 heteroatoms. The molecule has 1 aliphatic heterocycles. The van der Waals surface area contributed by atoms with Crippen molar-refractivity contribution in [3.05, 3.63) is 29.8 Å². The molecule has 1 aliphatic rings. The van der Waals surface area contributed by atoms with Gasteiger partial charge in [0.2, 0.25) is 0 Å². The van der Waals surface area contributed by atoms with Crippen molar-refractivity contribution >= 4 is 5.69 Å². The average molecular weight is 221 g/mol. The summed E-state index contributed by atoms with van der Waals surface area (Å²) in [5, 5.41) is 0. The van der Waals surface area contributed by atoms with Crippen molar-refractivity contribution < 1.29 is 9.47 Å². The Balaban J connectivity index is 2.30. The lowest BCUT2D eigenvalue weighted by Gasteiger charge is -2.18. The van der Waals surface area contributed by atoms with Crippen LogP contribution in [0.15, 0.2) is 24.3 Å². The maximum absolute atomic E-state index is 5.97. The highest BCUT2D eigenvalue weighted by Crippen LogP contribution is 2.41. The molecule has 2 rings (SSSR count). The lowest BCUT2D eigenvalue weighted by molar-refractivity contribution is -0.146. The fourth-order valence-corrected chi connectivity index (χ4v) is 2.17. The first-order chi connectivity index (χ1) is 7.53. The Labute approximate surface area is 96.5 Å². The molecule has 0 spiro atoms. The van der Waals surface area contributed by atoms with Crippen LogP contribution in [0, 0.1) is 0 Å². The Morgan fingerprint density at radius 2 is 1.94 bits per heavy atom. The lowest BCUT2D eigenvalue weighted by Crippen LogP contribution is -2.21. The van der Waals surface area contributed by atoms with E-state index in [9.17, 15) is 0 Å². The summed E-state index contributed by atoms with van der Waals surface area (Å²) in [6.07, 6.45) is 0.948. The van der Waals surface area contributed by atoms with Gasteiger partial charge in [-0.25, -0.2) is 0 Å². The minimum atomic E-state index is -0.520. The molecular formula is C13H19NO2. The number of benzene rings is 1. The molecule has 3 nitrogen and oxygen atoms in total. The maximum Gasteiger partial charge on any atom is 0.164 e. The third-order valence-electron chi connectivity index (χ3n) is 2.89. The van der Waals surface area contributed by atoms with Crippen molar-refractivity contribution in [1.82, 2.24) is 0 Å². The van der Waals surface area contributed by atoms with Gasteiger partial charge in [-0.2, -0.15) is 0 Å². The van der Waals surface area contributed by atoms with Gasteiger partial charge >= 0.3 is 0 Å². The molecule has 0 amide bonds. The van der Waals surface area contributed by atoms with Crippen LogP contribution in [0.4, 0.5) is 5.69 Å². The molecule has 0 unspecified atom stereocenters. The summed E-state index contributed by atoms with van der Waals surface area (Å²) in [4.78, 5) is 0. The standard InChI is InChI=1S/C13H19NO2/c1-4-11-12(16-13(2,3)15-11)9-7-5-6-8-10(9)14/h5-8,11-12H,4,14H2,1-3H3/t11-,12-/m0/s1. The monoisotopic (exact) mass is 221 g/mol. The molecule has 0 aromatic heterocycles. The Kier molecular flexibility index (Phi) is 2.91. The fraction of sp³-hybridized carbons (Fsp3) is 0.538. The number of para-hydroxylation sites is 1. The van der Waals surface area contributed by atoms with E-state index in [1.54, 1.807) is 0 Å². The van der Waals surface area contributed by atoms with Crippen molar-refractivity contribution in [2.45, 2.75) is 45.2 Å². The first-order valence-electron chi connectivity index (χ1n) is 5.73. The van der Waals surface area contributed by atoms with Gasteiger partial charge in [-0.3, -0.25) is 0 Å². The van der Waals surface area contributed by atoms with E-state index in [4.69, 9.17) is 15.2 Å². The van der Waals surface area contributed by atoms with Gasteiger partial charge in [0.1, 0.15) is 6.10 Å². The van der Waals surface area contributed by atoms with Crippen LogP contribution >= 0.6 is 0 Å². The number of ether oxygens (including phenoxy) is 2. The minimum Gasteiger partial charge on any atom is -0.398 e. The highest BCUT2D eigenvalue weighted by atomic mass is 16.7. The Hall–Kier alpha value is -1.06. The third kappa shape index (κ3) is 2.06. The Bertz CT molecular complexity index is 376. The van der Waals surface area contributed by atoms with Gasteiger partial charge in [-0.1, -0.05) is 25.1 Å². The molecule has 1 saturated heterocycles. The van der Waals surface area contributed by atoms with Gasteiger partial charge in [-0.05, 0) is 26.3 Å². The molecule has 1 aromatic rings. The summed E-state index contributed by atoms with van der Waals surface area (Å²) >= 11 is 0. The largest absolute Gasteiger partial charge is 0.398 e. The van der Waals surface area contributed by atoms with E-state index in [-0.39, 0.29) is 12.2 Å². The molecule has 0 aliphatic carbocycles. The van der Waals surface area contributed by atoms with Gasteiger partial charge < -0.3 is 15.2 Å². The first kappa shape index (κ1) is 11.4. The van der Waals surface area contributed by atoms with Crippen LogP contribution < -0.4 is 5.73 Å². The Morgan fingerprint density at radius 1 is 1.25 bits per heavy atom. The summed E-state index contributed by atoms with van der Waals surface area (Å²) in [7, 11) is 0. The highest BCUT2D eigenvalue weighted by molar-refractivity contribution is 5.48. The molecule has 1 heterocycles. The number of hydrogen-bond donors (Lipinski definition) is 1. The van der Waals surface area contributed by atoms with Crippen LogP contribution in [0.5, 0.6) is 0 Å². The molecule has 88 valence electrons. The number of rotatable bonds is 2. The molecule has 2 atom stereocenters. The lowest BCUT2D eigenvalue weighted by atomic mass is 10.0. The minimum absolute atomic E-state index is 0.0544. The van der Waals surface area contributed by atoms with Crippen molar-refractivity contribution in [2.75, 3.05) is 5.73 Å². The van der Waals surface area contributed by atoms with Crippen molar-refractivity contribution in [2.24, 2.45) is 0 Å². The molecule has 2 N–H and O–H groups in total. The van der Waals surface area contributed by atoms with Gasteiger partial charge in [0, 0.05) is 11.3 Å². The summed E-state index contributed by atoms with van der Waals surface area (Å²) in [6, 6.07) is 7.82. The van der Waals surface area contributed by atoms with Gasteiger partial charge in [0.05, 0.1) is 6.10 Å². The second kappa shape index (κ2) is 4.07. The summed E-state index contributed by atoms with van der Waals surface area (Å²) < 4.78 is 11.8. The van der Waals surface area contributed by atoms with Crippen LogP contribution in [0.25, 0.3) is 0 Å². The smallest absolute Gasteiger partial charge is 0.164 e. The number of nitrogen functional groups attached to an aromatic ring is 1. The van der Waals surface area contributed by atoms with Crippen LogP contribution in [0.3, 0.4) is 0 Å². The average Bonchev–Trinajstić information content (AvgIpc) is 2.54. The summed E-state index contributed by atoms with van der Waals surface area (Å²) in [6.45, 7) is 5.98. The van der Waals surface area contributed by atoms with E-state index in [1.807, 2.05) is 38.1 Å². The molecule has 16 heavy (non-hydrogen) atoms. The van der Waals surface area contributed by atoms with Crippen molar-refractivity contribution in [3.63, 3.8) is 0 Å². The summed E-state index contributed by atoms with van der Waals surface area (Å²) in [5.41, 5.74) is 7.77. The molecule has 1 fully saturated rings. The number of nitrogens with two attached hydrogens (primary N) is 1. The topological polar surface area (TPSA) is 44.5 Å². The zero-order chi connectivity index (χ0) is 11.8. The van der Waals surface area contributed by atoms with Crippen molar-refractivity contribution in [3.8, 4) is 0 Å². The molecular weight excluding hydrogens is 202 g/mol. The van der Waals surface area contributed by atoms with E-state index in [0.29, 0.717) is 0 Å². The Morgan fingerprint density at radius 3 is 2.56 bits per heavy atom. The first-order valence-corrected chi connectivity index (χ1v) is 5.73. The van der Waals surface area contributed by atoms with Gasteiger partial charge in [0.25, 0.3) is 0 Å². The predicted octanol–water partition coefficient (Wildman–Crippen LogP) is 2.87. The predicted molar refractivity (Wildman–Crippen MR) is 63.9 cm³/mol. The zero-order valence-corrected chi connectivity index (χ0v) is 10.1. The molecule has 0 bridgehead atoms. The van der Waals surface area contributed by atoms with Crippen LogP contribution in [-0.2, 0) is 9.47 Å². The molecule has 0 radical (unpaired) electrons. The van der Waals surface area contributed by atoms with Crippen LogP contribution in [0.2, 0.25) is 0 Å². The second-order valence-corrected chi connectivity index (χ2v) is 4.63. The number of hydrogen-bond acceptors (Lipinski definition) is 3. The maximum atomic E-state index is 5.97. The quantitative estimate of drug-likeness (QED) is 0.781. The summed E-state index contributed by atoms with van der Waals surface area (Å²) in [5.74, 6) is -0.520. The van der Waals surface area contributed by atoms with E-state index in [2.05, 4.69) is 6.92 Å². The molecule has 0 saturated carbocycles. The van der Waals surface area contributed by atoms with Crippen LogP contribution in [0.1, 0.15) is 38.9 Å². The highest BCUT2D eigenvalue weighted by Gasteiger charge is 2.41. The third-order valence-corrected chi connectivity index (χ3v) is 2.89. The van der Waals surface area contributed by atoms with Crippen molar-refractivity contribution in [1.29, 1.82) is 0 Å². The SMILES string of the molecule is CC[C@@H]1OC(C)(C)O[C@H]1c1ccccc1N. The van der Waals surface area contributed by atoms with E-state index in [1.165, 1.54) is 0 Å². The van der Waals surface area contributed by atoms with E-state index < -0.39 is 5.79 Å². The van der Waals surface area contributed by atoms with E-state index >= 15 is 0 Å².